The summed E-state index contributed by atoms with van der Waals surface area (Å²) in [6, 6.07) is 7.46. The lowest BCUT2D eigenvalue weighted by Gasteiger charge is -2.23. The normalized spacial score (nSPS) is 12.2. The molecule has 1 aromatic carbocycles. The van der Waals surface area contributed by atoms with Gasteiger partial charge in [-0.2, -0.15) is 5.10 Å². The van der Waals surface area contributed by atoms with Crippen LogP contribution in [0.25, 0.3) is 0 Å². The second-order valence-electron chi connectivity index (χ2n) is 6.06. The van der Waals surface area contributed by atoms with E-state index in [4.69, 9.17) is 4.74 Å². The lowest BCUT2D eigenvalue weighted by atomic mass is 10.1. The number of nitrogens with one attached hydrogen (secondary N) is 2. The Bertz CT molecular complexity index is 684. The number of likely N-dealkylation sites (N-methyl/N-ethyl adjacent to an activating group) is 1. The molecule has 0 radical (unpaired) electrons. The quantitative estimate of drug-likeness (QED) is 0.771. The number of carbonyl (C=O) groups excluding carboxylic acids is 1. The molecule has 0 aliphatic heterocycles. The molecule has 1 heterocycles. The topological polar surface area (TPSA) is 71.4 Å². The van der Waals surface area contributed by atoms with E-state index in [1.54, 1.807) is 4.68 Å². The maximum atomic E-state index is 12.3. The Hall–Kier alpha value is -2.38. The van der Waals surface area contributed by atoms with Crippen LogP contribution in [0.4, 0.5) is 10.5 Å². The van der Waals surface area contributed by atoms with Gasteiger partial charge in [-0.3, -0.25) is 4.68 Å². The number of aryl methyl sites for hydroxylation is 1. The third-order valence-corrected chi connectivity index (χ3v) is 3.92. The molecule has 1 aromatic heterocycles. The van der Waals surface area contributed by atoms with Crippen LogP contribution in [0.2, 0.25) is 0 Å². The summed E-state index contributed by atoms with van der Waals surface area (Å²) in [5.74, 6) is 0. The molecular weight excluding hydrogens is 318 g/mol. The minimum absolute atomic E-state index is 0.0538. The van der Waals surface area contributed by atoms with Crippen molar-refractivity contribution in [3.63, 3.8) is 0 Å². The van der Waals surface area contributed by atoms with E-state index in [-0.39, 0.29) is 12.1 Å². The van der Waals surface area contributed by atoms with Gasteiger partial charge in [0.05, 0.1) is 18.8 Å². The Morgan fingerprint density at radius 2 is 2.12 bits per heavy atom. The van der Waals surface area contributed by atoms with Crippen LogP contribution in [-0.2, 0) is 18.4 Å². The molecule has 0 saturated heterocycles. The van der Waals surface area contributed by atoms with E-state index in [0.717, 1.165) is 16.8 Å². The summed E-state index contributed by atoms with van der Waals surface area (Å²) in [6.45, 7) is 3.54. The zero-order chi connectivity index (χ0) is 18.2. The predicted octanol–water partition coefficient (Wildman–Crippen LogP) is 2.38. The lowest BCUT2D eigenvalue weighted by molar-refractivity contribution is 0.134. The van der Waals surface area contributed by atoms with Crippen molar-refractivity contribution in [3.8, 4) is 0 Å². The largest absolute Gasteiger partial charge is 0.377 e. The molecule has 2 amide bonds. The Labute approximate surface area is 149 Å². The summed E-state index contributed by atoms with van der Waals surface area (Å²) in [4.78, 5) is 14.4. The third-order valence-electron chi connectivity index (χ3n) is 3.92. The zero-order valence-corrected chi connectivity index (χ0v) is 15.3. The first-order chi connectivity index (χ1) is 12.0. The Morgan fingerprint density at radius 3 is 2.76 bits per heavy atom. The van der Waals surface area contributed by atoms with Crippen molar-refractivity contribution < 1.29 is 9.53 Å². The van der Waals surface area contributed by atoms with Crippen LogP contribution in [0.3, 0.4) is 0 Å². The second-order valence-corrected chi connectivity index (χ2v) is 6.06. The standard InChI is InChI=1S/C18H27N5O2/c1-5-25-13-14-8-6-7-9-16(14)21-18(24)19-11-17(22(2)3)15-10-20-23(4)12-15/h6-10,12,17H,5,11,13H2,1-4H3,(H2,19,21,24)/t17-/m1/s1. The van der Waals surface area contributed by atoms with Crippen LogP contribution in [0.1, 0.15) is 24.1 Å². The smallest absolute Gasteiger partial charge is 0.319 e. The highest BCUT2D eigenvalue weighted by molar-refractivity contribution is 5.90. The van der Waals surface area contributed by atoms with Gasteiger partial charge >= 0.3 is 6.03 Å². The van der Waals surface area contributed by atoms with E-state index in [0.29, 0.717) is 19.8 Å². The van der Waals surface area contributed by atoms with Crippen LogP contribution < -0.4 is 10.6 Å². The number of urea groups is 1. The van der Waals surface area contributed by atoms with Crippen molar-refractivity contribution in [2.45, 2.75) is 19.6 Å². The molecule has 0 aliphatic rings. The Kier molecular flexibility index (Phi) is 6.97. The maximum Gasteiger partial charge on any atom is 0.319 e. The summed E-state index contributed by atoms with van der Waals surface area (Å²) in [7, 11) is 5.84. The number of aromatic nitrogens is 2. The number of hydrogen-bond donors (Lipinski definition) is 2. The molecule has 7 nitrogen and oxygen atoms in total. The fourth-order valence-corrected chi connectivity index (χ4v) is 2.55. The minimum atomic E-state index is -0.236. The number of carbonyl (C=O) groups is 1. The van der Waals surface area contributed by atoms with E-state index in [1.807, 2.05) is 64.7 Å². The van der Waals surface area contributed by atoms with Gasteiger partial charge in [0.1, 0.15) is 0 Å². The first-order valence-electron chi connectivity index (χ1n) is 8.36. The van der Waals surface area contributed by atoms with E-state index in [9.17, 15) is 4.79 Å². The fourth-order valence-electron chi connectivity index (χ4n) is 2.55. The average Bonchev–Trinajstić information content (AvgIpc) is 3.00. The third kappa shape index (κ3) is 5.58. The molecule has 1 atom stereocenters. The van der Waals surface area contributed by atoms with Gasteiger partial charge in [0.25, 0.3) is 0 Å². The van der Waals surface area contributed by atoms with Crippen molar-refractivity contribution in [2.24, 2.45) is 7.05 Å². The molecule has 7 heteroatoms. The van der Waals surface area contributed by atoms with Gasteiger partial charge in [0, 0.05) is 43.2 Å². The van der Waals surface area contributed by atoms with E-state index < -0.39 is 0 Å². The molecule has 2 N–H and O–H groups in total. The average molecular weight is 345 g/mol. The first kappa shape index (κ1) is 19.0. The summed E-state index contributed by atoms with van der Waals surface area (Å²) < 4.78 is 7.20. The fraction of sp³-hybridized carbons (Fsp3) is 0.444. The molecule has 25 heavy (non-hydrogen) atoms. The number of amides is 2. The molecule has 136 valence electrons. The highest BCUT2D eigenvalue weighted by Crippen LogP contribution is 2.18. The molecule has 0 unspecified atom stereocenters. The number of ether oxygens (including phenoxy) is 1. The molecule has 0 aliphatic carbocycles. The van der Waals surface area contributed by atoms with Crippen molar-refractivity contribution in [2.75, 3.05) is 32.6 Å². The number of hydrogen-bond acceptors (Lipinski definition) is 4. The summed E-state index contributed by atoms with van der Waals surface area (Å²) >= 11 is 0. The highest BCUT2D eigenvalue weighted by atomic mass is 16.5. The van der Waals surface area contributed by atoms with Gasteiger partial charge in [-0.05, 0) is 27.1 Å². The number of rotatable bonds is 8. The van der Waals surface area contributed by atoms with Gasteiger partial charge in [-0.15, -0.1) is 0 Å². The first-order valence-corrected chi connectivity index (χ1v) is 8.36. The molecule has 0 saturated carbocycles. The highest BCUT2D eigenvalue weighted by Gasteiger charge is 2.17. The zero-order valence-electron chi connectivity index (χ0n) is 15.3. The molecule has 2 rings (SSSR count). The van der Waals surface area contributed by atoms with Crippen LogP contribution >= 0.6 is 0 Å². The maximum absolute atomic E-state index is 12.3. The Morgan fingerprint density at radius 1 is 1.36 bits per heavy atom. The monoisotopic (exact) mass is 345 g/mol. The van der Waals surface area contributed by atoms with Gasteiger partial charge in [-0.25, -0.2) is 4.79 Å². The van der Waals surface area contributed by atoms with Gasteiger partial charge in [0.15, 0.2) is 0 Å². The molecule has 2 aromatic rings. The minimum Gasteiger partial charge on any atom is -0.377 e. The number of anilines is 1. The van der Waals surface area contributed by atoms with Crippen LogP contribution in [0.15, 0.2) is 36.7 Å². The van der Waals surface area contributed by atoms with Gasteiger partial charge in [0.2, 0.25) is 0 Å². The lowest BCUT2D eigenvalue weighted by Crippen LogP contribution is -2.37. The number of nitrogens with zero attached hydrogens (tertiary/aromatic N) is 3. The summed E-state index contributed by atoms with van der Waals surface area (Å²) in [5.41, 5.74) is 2.77. The SMILES string of the molecule is CCOCc1ccccc1NC(=O)NC[C@H](c1cnn(C)c1)N(C)C. The second kappa shape index (κ2) is 9.19. The van der Waals surface area contributed by atoms with Gasteiger partial charge < -0.3 is 20.3 Å². The van der Waals surface area contributed by atoms with Crippen molar-refractivity contribution in [1.82, 2.24) is 20.0 Å². The van der Waals surface area contributed by atoms with Crippen molar-refractivity contribution in [3.05, 3.63) is 47.8 Å². The van der Waals surface area contributed by atoms with Crippen molar-refractivity contribution >= 4 is 11.7 Å². The predicted molar refractivity (Wildman–Crippen MR) is 98.4 cm³/mol. The molecule has 0 fully saturated rings. The van der Waals surface area contributed by atoms with Gasteiger partial charge in [-0.1, -0.05) is 18.2 Å². The number of para-hydroxylation sites is 1. The summed E-state index contributed by atoms with van der Waals surface area (Å²) in [6.07, 6.45) is 3.78. The molecular formula is C18H27N5O2. The van der Waals surface area contributed by atoms with E-state index >= 15 is 0 Å². The number of benzene rings is 1. The summed E-state index contributed by atoms with van der Waals surface area (Å²) in [5, 5.41) is 10.0. The Balaban J connectivity index is 1.95. The molecule has 0 spiro atoms. The van der Waals surface area contributed by atoms with Crippen LogP contribution in [0, 0.1) is 0 Å². The van der Waals surface area contributed by atoms with E-state index in [1.165, 1.54) is 0 Å². The molecule has 0 bridgehead atoms. The van der Waals surface area contributed by atoms with E-state index in [2.05, 4.69) is 20.6 Å². The van der Waals surface area contributed by atoms with Crippen LogP contribution in [-0.4, -0.2) is 48.0 Å². The van der Waals surface area contributed by atoms with Crippen molar-refractivity contribution in [1.29, 1.82) is 0 Å². The van der Waals surface area contributed by atoms with Crippen LogP contribution in [0.5, 0.6) is 0 Å².